The molecule has 0 radical (unpaired) electrons. The molecule has 0 saturated heterocycles. The van der Waals surface area contributed by atoms with Crippen molar-refractivity contribution in [3.63, 3.8) is 0 Å². The van der Waals surface area contributed by atoms with Gasteiger partial charge >= 0.3 is 0 Å². The summed E-state index contributed by atoms with van der Waals surface area (Å²) in [5, 5.41) is 5.80. The Balaban J connectivity index is 1.86. The van der Waals surface area contributed by atoms with Crippen LogP contribution < -0.4 is 16.4 Å². The molecule has 2 amide bonds. The average Bonchev–Trinajstić information content (AvgIpc) is 3.01. The van der Waals surface area contributed by atoms with Gasteiger partial charge in [-0.15, -0.1) is 0 Å². The Kier molecular flexibility index (Phi) is 14.4. The lowest BCUT2D eigenvalue weighted by Gasteiger charge is -2.29. The van der Waals surface area contributed by atoms with Crippen LogP contribution in [0.5, 0.6) is 0 Å². The molecule has 0 aromatic heterocycles. The van der Waals surface area contributed by atoms with Gasteiger partial charge in [0.2, 0.25) is 21.8 Å². The number of nitrogens with zero attached hydrogens (tertiary/aromatic N) is 1. The first-order chi connectivity index (χ1) is 21.6. The largest absolute Gasteiger partial charge is 0.351 e. The molecule has 0 bridgehead atoms. The van der Waals surface area contributed by atoms with Gasteiger partial charge in [-0.05, 0) is 62.3 Å². The SMILES string of the molecule is CC(=O)[C@H](CCCCN)NC(=O)CN(C[C@H](Cc1ccccc1)NC(=O)[C@@H](C)Cc1ccccc1)S(=O)(=O)Cc1ccccc1. The molecule has 0 saturated carbocycles. The molecule has 0 aliphatic rings. The zero-order valence-electron chi connectivity index (χ0n) is 26.2. The quantitative estimate of drug-likeness (QED) is 0.172. The van der Waals surface area contributed by atoms with Crippen molar-refractivity contribution in [2.75, 3.05) is 19.6 Å². The van der Waals surface area contributed by atoms with Gasteiger partial charge in [-0.25, -0.2) is 8.42 Å². The number of benzene rings is 3. The predicted octanol–water partition coefficient (Wildman–Crippen LogP) is 3.63. The van der Waals surface area contributed by atoms with Crippen LogP contribution in [0.1, 0.15) is 49.8 Å². The Morgan fingerprint density at radius 2 is 1.31 bits per heavy atom. The highest BCUT2D eigenvalue weighted by atomic mass is 32.2. The van der Waals surface area contributed by atoms with Crippen LogP contribution in [0.15, 0.2) is 91.0 Å². The van der Waals surface area contributed by atoms with Gasteiger partial charge in [0.1, 0.15) is 0 Å². The number of hydrogen-bond acceptors (Lipinski definition) is 6. The predicted molar refractivity (Wildman–Crippen MR) is 178 cm³/mol. The van der Waals surface area contributed by atoms with Gasteiger partial charge in [-0.1, -0.05) is 97.9 Å². The van der Waals surface area contributed by atoms with E-state index in [1.807, 2.05) is 67.6 Å². The Hall–Kier alpha value is -3.86. The number of Topliss-reactive ketones (excluding diaryl/α,β-unsaturated/α-hetero) is 1. The maximum atomic E-state index is 13.9. The van der Waals surface area contributed by atoms with Gasteiger partial charge in [0.15, 0.2) is 5.78 Å². The molecular formula is C35H46N4O5S. The van der Waals surface area contributed by atoms with Gasteiger partial charge < -0.3 is 16.4 Å². The fraction of sp³-hybridized carbons (Fsp3) is 0.400. The third kappa shape index (κ3) is 12.6. The molecule has 0 spiro atoms. The maximum Gasteiger partial charge on any atom is 0.235 e. The molecule has 0 aliphatic carbocycles. The highest BCUT2D eigenvalue weighted by molar-refractivity contribution is 7.88. The lowest BCUT2D eigenvalue weighted by molar-refractivity contribution is -0.127. The third-order valence-corrected chi connectivity index (χ3v) is 9.37. The average molecular weight is 635 g/mol. The van der Waals surface area contributed by atoms with Crippen molar-refractivity contribution in [3.8, 4) is 0 Å². The summed E-state index contributed by atoms with van der Waals surface area (Å²) in [7, 11) is -4.02. The monoisotopic (exact) mass is 634 g/mol. The molecule has 3 aromatic rings. The van der Waals surface area contributed by atoms with E-state index in [-0.39, 0.29) is 29.9 Å². The molecule has 0 aliphatic heterocycles. The molecular weight excluding hydrogens is 588 g/mol. The van der Waals surface area contributed by atoms with E-state index in [9.17, 15) is 22.8 Å². The number of nitrogens with two attached hydrogens (primary N) is 1. The molecule has 0 unspecified atom stereocenters. The van der Waals surface area contributed by atoms with E-state index >= 15 is 0 Å². The summed E-state index contributed by atoms with van der Waals surface area (Å²) in [6, 6.07) is 26.6. The normalized spacial score (nSPS) is 13.5. The van der Waals surface area contributed by atoms with Crippen LogP contribution in [-0.2, 0) is 43.0 Å². The zero-order chi connectivity index (χ0) is 32.7. The summed E-state index contributed by atoms with van der Waals surface area (Å²) in [6.45, 7) is 3.10. The van der Waals surface area contributed by atoms with Crippen LogP contribution in [0.3, 0.4) is 0 Å². The molecule has 0 heterocycles. The number of ketones is 1. The highest BCUT2D eigenvalue weighted by Gasteiger charge is 2.30. The minimum absolute atomic E-state index is 0.126. The topological polar surface area (TPSA) is 139 Å². The number of carbonyl (C=O) groups is 3. The number of sulfonamides is 1. The Labute approximate surface area is 267 Å². The number of unbranched alkanes of at least 4 members (excludes halogenated alkanes) is 1. The molecule has 10 heteroatoms. The summed E-state index contributed by atoms with van der Waals surface area (Å²) >= 11 is 0. The van der Waals surface area contributed by atoms with Crippen molar-refractivity contribution < 1.29 is 22.8 Å². The van der Waals surface area contributed by atoms with E-state index in [2.05, 4.69) is 10.6 Å². The molecule has 4 N–H and O–H groups in total. The van der Waals surface area contributed by atoms with Gasteiger partial charge in [0, 0.05) is 18.5 Å². The highest BCUT2D eigenvalue weighted by Crippen LogP contribution is 2.15. The molecule has 242 valence electrons. The van der Waals surface area contributed by atoms with Gasteiger partial charge in [0.05, 0.1) is 18.3 Å². The standard InChI is InChI=1S/C35H46N4O5S/c1-27(22-29-14-6-3-7-15-29)35(42)37-32(23-30-16-8-4-9-17-30)24-39(45(43,44)26-31-18-10-5-11-19-31)25-34(41)38-33(28(2)40)20-12-13-21-36/h3-11,14-19,27,32-33H,12-13,20-26,36H2,1-2H3,(H,37,42)(H,38,41)/t27-,32-,33-/m0/s1. The molecule has 3 rings (SSSR count). The maximum absolute atomic E-state index is 13.9. The Bertz CT molecular complexity index is 1450. The van der Waals surface area contributed by atoms with Crippen LogP contribution in [-0.4, -0.2) is 62.0 Å². The van der Waals surface area contributed by atoms with E-state index in [0.717, 1.165) is 15.4 Å². The first kappa shape index (κ1) is 35.6. The lowest BCUT2D eigenvalue weighted by Crippen LogP contribution is -2.52. The first-order valence-electron chi connectivity index (χ1n) is 15.5. The van der Waals surface area contributed by atoms with Crippen LogP contribution >= 0.6 is 0 Å². The number of nitrogens with one attached hydrogen (secondary N) is 2. The zero-order valence-corrected chi connectivity index (χ0v) is 27.0. The first-order valence-corrected chi connectivity index (χ1v) is 17.1. The molecule has 45 heavy (non-hydrogen) atoms. The van der Waals surface area contributed by atoms with E-state index in [1.54, 1.807) is 30.3 Å². The summed E-state index contributed by atoms with van der Waals surface area (Å²) in [6.07, 6.45) is 2.67. The molecule has 9 nitrogen and oxygen atoms in total. The van der Waals surface area contributed by atoms with E-state index in [0.29, 0.717) is 44.2 Å². The summed E-state index contributed by atoms with van der Waals surface area (Å²) in [4.78, 5) is 39.0. The summed E-state index contributed by atoms with van der Waals surface area (Å²) in [5.41, 5.74) is 8.10. The van der Waals surface area contributed by atoms with Gasteiger partial charge in [-0.2, -0.15) is 4.31 Å². The van der Waals surface area contributed by atoms with Crippen molar-refractivity contribution in [1.29, 1.82) is 0 Å². The van der Waals surface area contributed by atoms with Gasteiger partial charge in [0.25, 0.3) is 0 Å². The van der Waals surface area contributed by atoms with Gasteiger partial charge in [-0.3, -0.25) is 14.4 Å². The van der Waals surface area contributed by atoms with Crippen LogP contribution in [0.2, 0.25) is 0 Å². The summed E-state index contributed by atoms with van der Waals surface area (Å²) < 4.78 is 28.9. The molecule has 3 aromatic carbocycles. The van der Waals surface area contributed by atoms with Crippen molar-refractivity contribution >= 4 is 27.6 Å². The summed E-state index contributed by atoms with van der Waals surface area (Å²) in [5.74, 6) is -1.68. The van der Waals surface area contributed by atoms with Crippen LogP contribution in [0.25, 0.3) is 0 Å². The second-order valence-electron chi connectivity index (χ2n) is 11.5. The van der Waals surface area contributed by atoms with Crippen LogP contribution in [0.4, 0.5) is 0 Å². The van der Waals surface area contributed by atoms with Crippen molar-refractivity contribution in [1.82, 2.24) is 14.9 Å². The molecule has 3 atom stereocenters. The van der Waals surface area contributed by atoms with Crippen molar-refractivity contribution in [2.24, 2.45) is 11.7 Å². The second kappa shape index (κ2) is 18.2. The lowest BCUT2D eigenvalue weighted by atomic mass is 9.99. The fourth-order valence-electron chi connectivity index (χ4n) is 5.13. The Morgan fingerprint density at radius 3 is 1.84 bits per heavy atom. The van der Waals surface area contributed by atoms with E-state index in [1.165, 1.54) is 6.92 Å². The minimum Gasteiger partial charge on any atom is -0.351 e. The number of hydrogen-bond donors (Lipinski definition) is 3. The smallest absolute Gasteiger partial charge is 0.235 e. The number of amides is 2. The van der Waals surface area contributed by atoms with Crippen molar-refractivity contribution in [3.05, 3.63) is 108 Å². The Morgan fingerprint density at radius 1 is 0.778 bits per heavy atom. The minimum atomic E-state index is -4.02. The van der Waals surface area contributed by atoms with Crippen molar-refractivity contribution in [2.45, 2.75) is 63.8 Å². The fourth-order valence-corrected chi connectivity index (χ4v) is 6.65. The van der Waals surface area contributed by atoms with E-state index < -0.39 is 34.6 Å². The van der Waals surface area contributed by atoms with E-state index in [4.69, 9.17) is 5.73 Å². The molecule has 0 fully saturated rings. The number of rotatable bonds is 19. The number of carbonyl (C=O) groups excluding carboxylic acids is 3. The van der Waals surface area contributed by atoms with Crippen LogP contribution in [0, 0.1) is 5.92 Å². The second-order valence-corrected chi connectivity index (χ2v) is 13.5. The third-order valence-electron chi connectivity index (χ3n) is 7.61.